The number of benzene rings is 1. The number of fused-ring (bicyclic) bond motifs is 1. The van der Waals surface area contributed by atoms with Crippen LogP contribution in [-0.2, 0) is 11.3 Å². The van der Waals surface area contributed by atoms with Gasteiger partial charge >= 0.3 is 6.18 Å². The quantitative estimate of drug-likeness (QED) is 0.871. The van der Waals surface area contributed by atoms with Crippen LogP contribution in [0.5, 0.6) is 0 Å². The van der Waals surface area contributed by atoms with Gasteiger partial charge in [-0.2, -0.15) is 23.5 Å². The van der Waals surface area contributed by atoms with Crippen molar-refractivity contribution in [1.29, 1.82) is 5.26 Å². The Morgan fingerprint density at radius 1 is 1.37 bits per heavy atom. The predicted octanol–water partition coefficient (Wildman–Crippen LogP) is 2.50. The van der Waals surface area contributed by atoms with Crippen LogP contribution in [0.2, 0.25) is 0 Å². The molecule has 142 valence electrons. The third kappa shape index (κ3) is 3.06. The molecule has 1 aromatic carbocycles. The zero-order chi connectivity index (χ0) is 20.0. The molecule has 9 heteroatoms. The van der Waals surface area contributed by atoms with Gasteiger partial charge in [-0.3, -0.25) is 4.79 Å². The van der Waals surface area contributed by atoms with Gasteiger partial charge in [0.05, 0.1) is 23.1 Å². The third-order valence-electron chi connectivity index (χ3n) is 4.72. The average Bonchev–Trinajstić information content (AvgIpc) is 3.04. The summed E-state index contributed by atoms with van der Waals surface area (Å²) in [6.07, 6.45) is -3.59. The van der Waals surface area contributed by atoms with E-state index in [0.717, 1.165) is 10.6 Å². The summed E-state index contributed by atoms with van der Waals surface area (Å²) in [6, 6.07) is 8.94. The number of aromatic nitrogens is 2. The summed E-state index contributed by atoms with van der Waals surface area (Å²) in [6.45, 7) is 2.12. The molecule has 0 saturated carbocycles. The van der Waals surface area contributed by atoms with Gasteiger partial charge in [0.15, 0.2) is 0 Å². The minimum absolute atomic E-state index is 0.00151. The Morgan fingerprint density at radius 3 is 2.67 bits per heavy atom. The number of rotatable bonds is 2. The van der Waals surface area contributed by atoms with Crippen molar-refractivity contribution in [2.75, 3.05) is 6.54 Å². The van der Waals surface area contributed by atoms with E-state index in [0.29, 0.717) is 23.7 Å². The molecule has 0 aliphatic carbocycles. The molecule has 1 aromatic heterocycles. The van der Waals surface area contributed by atoms with Crippen molar-refractivity contribution in [3.63, 3.8) is 0 Å². The van der Waals surface area contributed by atoms with E-state index in [1.165, 1.54) is 6.20 Å². The number of nitrogens with zero attached hydrogens (tertiary/aromatic N) is 4. The second-order valence-electron chi connectivity index (χ2n) is 6.75. The van der Waals surface area contributed by atoms with E-state index in [4.69, 9.17) is 0 Å². The molecule has 1 amide bonds. The first-order chi connectivity index (χ1) is 12.6. The van der Waals surface area contributed by atoms with Crippen molar-refractivity contribution in [3.8, 4) is 11.8 Å². The lowest BCUT2D eigenvalue weighted by Gasteiger charge is -2.36. The molecule has 0 fully saturated rings. The second-order valence-corrected chi connectivity index (χ2v) is 6.75. The smallest absolute Gasteiger partial charge is 0.373 e. The van der Waals surface area contributed by atoms with Crippen molar-refractivity contribution in [2.45, 2.75) is 38.1 Å². The van der Waals surface area contributed by atoms with Crippen LogP contribution in [0.3, 0.4) is 0 Å². The van der Waals surface area contributed by atoms with Gasteiger partial charge < -0.3 is 10.0 Å². The van der Waals surface area contributed by atoms with Gasteiger partial charge in [0.25, 0.3) is 5.91 Å². The highest BCUT2D eigenvalue weighted by atomic mass is 19.4. The van der Waals surface area contributed by atoms with Gasteiger partial charge in [-0.1, -0.05) is 19.1 Å². The van der Waals surface area contributed by atoms with Crippen LogP contribution in [0.4, 0.5) is 13.2 Å². The van der Waals surface area contributed by atoms with Crippen LogP contribution in [-0.4, -0.2) is 44.0 Å². The van der Waals surface area contributed by atoms with E-state index < -0.39 is 17.7 Å². The lowest BCUT2D eigenvalue weighted by molar-refractivity contribution is -0.250. The Labute approximate surface area is 153 Å². The van der Waals surface area contributed by atoms with Crippen LogP contribution in [0.1, 0.15) is 36.6 Å². The van der Waals surface area contributed by atoms with E-state index in [2.05, 4.69) is 11.2 Å². The lowest BCUT2D eigenvalue weighted by atomic mass is 9.95. The van der Waals surface area contributed by atoms with Gasteiger partial charge in [-0.05, 0) is 19.1 Å². The van der Waals surface area contributed by atoms with Gasteiger partial charge in [0.2, 0.25) is 5.60 Å². The fourth-order valence-corrected chi connectivity index (χ4v) is 3.25. The molecule has 0 radical (unpaired) electrons. The van der Waals surface area contributed by atoms with Gasteiger partial charge in [-0.15, -0.1) is 0 Å². The summed E-state index contributed by atoms with van der Waals surface area (Å²) in [7, 11) is 0. The number of nitriles is 1. The Hall–Kier alpha value is -2.86. The van der Waals surface area contributed by atoms with Gasteiger partial charge in [0, 0.05) is 24.6 Å². The summed E-state index contributed by atoms with van der Waals surface area (Å²) in [5.74, 6) is -1.73. The third-order valence-corrected chi connectivity index (χ3v) is 4.72. The fraction of sp³-hybridized carbons (Fsp3) is 0.389. The van der Waals surface area contributed by atoms with Crippen LogP contribution < -0.4 is 0 Å². The first kappa shape index (κ1) is 18.9. The van der Waals surface area contributed by atoms with Crippen molar-refractivity contribution in [3.05, 3.63) is 47.3 Å². The molecule has 2 aromatic rings. The summed E-state index contributed by atoms with van der Waals surface area (Å²) in [5.41, 5.74) is -1.17. The normalized spacial score (nSPS) is 19.1. The molecule has 2 atom stereocenters. The average molecular weight is 378 g/mol. The predicted molar refractivity (Wildman–Crippen MR) is 88.8 cm³/mol. The monoisotopic (exact) mass is 378 g/mol. The number of aliphatic hydroxyl groups is 1. The summed E-state index contributed by atoms with van der Waals surface area (Å²) in [5, 5.41) is 23.2. The molecule has 3 rings (SSSR count). The number of alkyl halides is 3. The minimum Gasteiger partial charge on any atom is -0.373 e. The van der Waals surface area contributed by atoms with Gasteiger partial charge in [0.1, 0.15) is 6.07 Å². The molecular weight excluding hydrogens is 361 g/mol. The highest BCUT2D eigenvalue weighted by Crippen LogP contribution is 2.36. The van der Waals surface area contributed by atoms with Crippen molar-refractivity contribution < 1.29 is 23.1 Å². The highest BCUT2D eigenvalue weighted by molar-refractivity contribution is 5.85. The van der Waals surface area contributed by atoms with Crippen molar-refractivity contribution >= 4 is 5.91 Å². The molecule has 1 aliphatic rings. The molecule has 1 N–H and O–H groups in total. The van der Waals surface area contributed by atoms with Crippen LogP contribution in [0, 0.1) is 11.3 Å². The van der Waals surface area contributed by atoms with Crippen LogP contribution in [0.15, 0.2) is 30.5 Å². The molecule has 0 bridgehead atoms. The Bertz CT molecular complexity index is 927. The van der Waals surface area contributed by atoms with E-state index in [-0.39, 0.29) is 19.0 Å². The topological polar surface area (TPSA) is 82.2 Å². The van der Waals surface area contributed by atoms with Crippen molar-refractivity contribution in [1.82, 2.24) is 14.7 Å². The Morgan fingerprint density at radius 2 is 2.04 bits per heavy atom. The number of hydrogen-bond donors (Lipinski definition) is 1. The zero-order valence-electron chi connectivity index (χ0n) is 14.7. The van der Waals surface area contributed by atoms with Gasteiger partial charge in [-0.25, -0.2) is 4.68 Å². The zero-order valence-corrected chi connectivity index (χ0v) is 14.7. The van der Waals surface area contributed by atoms with Crippen LogP contribution >= 0.6 is 0 Å². The number of halogens is 3. The Kier molecular flexibility index (Phi) is 4.48. The molecule has 0 saturated heterocycles. The van der Waals surface area contributed by atoms with Crippen molar-refractivity contribution in [2.24, 2.45) is 0 Å². The van der Waals surface area contributed by atoms with E-state index in [9.17, 15) is 28.3 Å². The lowest BCUT2D eigenvalue weighted by Crippen LogP contribution is -2.57. The number of carbonyl (C=O) groups is 1. The summed E-state index contributed by atoms with van der Waals surface area (Å²) >= 11 is 0. The standard InChI is InChI=1S/C18H17F3N4O2/c1-11-9-24(16(26)17(2,27)18(19,20)21)10-13-8-23-25(15(11)13)14-6-4-3-5-12(14)7-22/h3-6,8,11,27H,9-10H2,1-2H3/t11-,17-/m1/s1. The minimum atomic E-state index is -5.07. The molecule has 27 heavy (non-hydrogen) atoms. The van der Waals surface area contributed by atoms with E-state index in [1.54, 1.807) is 35.9 Å². The molecule has 6 nitrogen and oxygen atoms in total. The number of carbonyl (C=O) groups excluding carboxylic acids is 1. The maximum Gasteiger partial charge on any atom is 0.426 e. The van der Waals surface area contributed by atoms with Crippen LogP contribution in [0.25, 0.3) is 5.69 Å². The maximum atomic E-state index is 13.0. The number of amides is 1. The largest absolute Gasteiger partial charge is 0.426 e. The Balaban J connectivity index is 1.97. The SMILES string of the molecule is C[C@@H]1CN(C(=O)[C@@](C)(O)C(F)(F)F)Cc2cnn(-c3ccccc3C#N)c21. The van der Waals surface area contributed by atoms with E-state index >= 15 is 0 Å². The number of hydrogen-bond acceptors (Lipinski definition) is 4. The summed E-state index contributed by atoms with van der Waals surface area (Å²) < 4.78 is 40.6. The molecule has 0 unspecified atom stereocenters. The summed E-state index contributed by atoms with van der Waals surface area (Å²) in [4.78, 5) is 13.3. The maximum absolute atomic E-state index is 13.0. The first-order valence-electron chi connectivity index (χ1n) is 8.22. The molecular formula is C18H17F3N4O2. The first-order valence-corrected chi connectivity index (χ1v) is 8.22. The number of para-hydroxylation sites is 1. The second kappa shape index (κ2) is 6.39. The fourth-order valence-electron chi connectivity index (χ4n) is 3.25. The highest BCUT2D eigenvalue weighted by Gasteiger charge is 2.57. The van der Waals surface area contributed by atoms with E-state index in [1.807, 2.05) is 0 Å². The molecule has 0 spiro atoms. The molecule has 1 aliphatic heterocycles. The molecule has 2 heterocycles.